The number of amides is 1. The summed E-state index contributed by atoms with van der Waals surface area (Å²) in [6.07, 6.45) is 6.62. The van der Waals surface area contributed by atoms with Crippen molar-refractivity contribution < 1.29 is 14.7 Å². The van der Waals surface area contributed by atoms with E-state index in [4.69, 9.17) is 5.10 Å². The quantitative estimate of drug-likeness (QED) is 0.604. The van der Waals surface area contributed by atoms with E-state index in [9.17, 15) is 14.7 Å². The zero-order valence-electron chi connectivity index (χ0n) is 16.9. The molecule has 2 aliphatic rings. The highest BCUT2D eigenvalue weighted by atomic mass is 16.4. The SMILES string of the molecule is O=C(O)[C@H]1[C@H](C(=O)NCc2cn(-c3ccccc3)nc2-c2ccccc2)[C@H]2C=C[C@H]1C2. The lowest BCUT2D eigenvalue weighted by atomic mass is 9.82. The Morgan fingerprint density at radius 3 is 2.29 bits per heavy atom. The molecule has 5 rings (SSSR count). The van der Waals surface area contributed by atoms with Crippen molar-refractivity contribution >= 4 is 11.9 Å². The number of hydrogen-bond acceptors (Lipinski definition) is 3. The highest BCUT2D eigenvalue weighted by Gasteiger charge is 2.51. The van der Waals surface area contributed by atoms with Gasteiger partial charge >= 0.3 is 5.97 Å². The van der Waals surface area contributed by atoms with Gasteiger partial charge in [0.2, 0.25) is 5.91 Å². The van der Waals surface area contributed by atoms with Gasteiger partial charge in [-0.05, 0) is 30.4 Å². The zero-order valence-corrected chi connectivity index (χ0v) is 16.9. The lowest BCUT2D eigenvalue weighted by Crippen LogP contribution is -2.39. The average Bonchev–Trinajstić information content (AvgIpc) is 3.53. The minimum atomic E-state index is -0.890. The van der Waals surface area contributed by atoms with Gasteiger partial charge in [0.15, 0.2) is 0 Å². The third-order valence-corrected chi connectivity index (χ3v) is 6.36. The Hall–Kier alpha value is -3.67. The first kappa shape index (κ1) is 19.3. The molecule has 2 N–H and O–H groups in total. The first-order chi connectivity index (χ1) is 15.1. The molecule has 0 spiro atoms. The van der Waals surface area contributed by atoms with Crippen molar-refractivity contribution in [3.05, 3.63) is 84.6 Å². The van der Waals surface area contributed by atoms with Gasteiger partial charge in [-0.1, -0.05) is 60.7 Å². The molecule has 3 aromatic rings. The molecule has 156 valence electrons. The van der Waals surface area contributed by atoms with E-state index in [-0.39, 0.29) is 17.7 Å². The normalized spacial score (nSPS) is 23.7. The molecule has 2 aliphatic carbocycles. The predicted molar refractivity (Wildman–Crippen MR) is 116 cm³/mol. The molecule has 1 amide bonds. The molecule has 1 fully saturated rings. The summed E-state index contributed by atoms with van der Waals surface area (Å²) < 4.78 is 1.81. The minimum absolute atomic E-state index is 0.00624. The monoisotopic (exact) mass is 413 g/mol. The maximum atomic E-state index is 13.0. The van der Waals surface area contributed by atoms with Crippen molar-refractivity contribution in [1.82, 2.24) is 15.1 Å². The Morgan fingerprint density at radius 2 is 1.61 bits per heavy atom. The first-order valence-corrected chi connectivity index (χ1v) is 10.5. The van der Waals surface area contributed by atoms with Crippen LogP contribution in [0.2, 0.25) is 0 Å². The van der Waals surface area contributed by atoms with Crippen molar-refractivity contribution in [1.29, 1.82) is 0 Å². The highest BCUT2D eigenvalue weighted by Crippen LogP contribution is 2.48. The lowest BCUT2D eigenvalue weighted by Gasteiger charge is -2.23. The molecular weight excluding hydrogens is 390 g/mol. The average molecular weight is 413 g/mol. The van der Waals surface area contributed by atoms with Crippen molar-refractivity contribution in [2.45, 2.75) is 13.0 Å². The van der Waals surface area contributed by atoms with Gasteiger partial charge in [-0.25, -0.2) is 4.68 Å². The van der Waals surface area contributed by atoms with Crippen LogP contribution in [0.1, 0.15) is 12.0 Å². The molecule has 1 heterocycles. The van der Waals surface area contributed by atoms with Crippen LogP contribution in [-0.2, 0) is 16.1 Å². The van der Waals surface area contributed by atoms with Crippen molar-refractivity contribution in [3.8, 4) is 16.9 Å². The van der Waals surface area contributed by atoms with Crippen molar-refractivity contribution in [2.24, 2.45) is 23.7 Å². The number of allylic oxidation sites excluding steroid dienone is 2. The number of rotatable bonds is 6. The van der Waals surface area contributed by atoms with Gasteiger partial charge in [0.05, 0.1) is 23.2 Å². The van der Waals surface area contributed by atoms with Gasteiger partial charge in [-0.2, -0.15) is 5.10 Å². The van der Waals surface area contributed by atoms with Gasteiger partial charge in [0.25, 0.3) is 0 Å². The molecule has 31 heavy (non-hydrogen) atoms. The zero-order chi connectivity index (χ0) is 21.4. The van der Waals surface area contributed by atoms with E-state index in [1.165, 1.54) is 0 Å². The number of aliphatic carboxylic acids is 1. The number of nitrogens with one attached hydrogen (secondary N) is 1. The van der Waals surface area contributed by atoms with E-state index >= 15 is 0 Å². The molecule has 0 unspecified atom stereocenters. The number of carboxylic acid groups (broad SMARTS) is 1. The minimum Gasteiger partial charge on any atom is -0.481 e. The van der Waals surface area contributed by atoms with Crippen LogP contribution in [0.5, 0.6) is 0 Å². The Balaban J connectivity index is 1.41. The Morgan fingerprint density at radius 1 is 0.968 bits per heavy atom. The van der Waals surface area contributed by atoms with Crippen LogP contribution in [-0.4, -0.2) is 26.8 Å². The summed E-state index contributed by atoms with van der Waals surface area (Å²) in [7, 11) is 0. The van der Waals surface area contributed by atoms with Gasteiger partial charge in [0.1, 0.15) is 0 Å². The van der Waals surface area contributed by atoms with Crippen LogP contribution in [0.3, 0.4) is 0 Å². The van der Waals surface area contributed by atoms with Crippen LogP contribution in [0.25, 0.3) is 16.9 Å². The maximum absolute atomic E-state index is 13.0. The summed E-state index contributed by atoms with van der Waals surface area (Å²) in [6.45, 7) is 0.292. The second kappa shape index (κ2) is 7.87. The van der Waals surface area contributed by atoms with Crippen LogP contribution < -0.4 is 5.32 Å². The number of nitrogens with zero attached hydrogens (tertiary/aromatic N) is 2. The largest absolute Gasteiger partial charge is 0.481 e. The molecular formula is C25H23N3O3. The van der Waals surface area contributed by atoms with Crippen LogP contribution in [0.15, 0.2) is 79.0 Å². The molecule has 6 heteroatoms. The number of carboxylic acids is 1. The van der Waals surface area contributed by atoms with E-state index in [1.54, 1.807) is 0 Å². The number of aromatic nitrogens is 2. The molecule has 4 atom stereocenters. The summed E-state index contributed by atoms with van der Waals surface area (Å²) in [5, 5.41) is 17.4. The topological polar surface area (TPSA) is 84.2 Å². The Labute approximate surface area is 180 Å². The molecule has 1 saturated carbocycles. The lowest BCUT2D eigenvalue weighted by molar-refractivity contribution is -0.147. The maximum Gasteiger partial charge on any atom is 0.307 e. The fourth-order valence-corrected chi connectivity index (χ4v) is 4.91. The second-order valence-corrected chi connectivity index (χ2v) is 8.21. The third kappa shape index (κ3) is 3.54. The smallest absolute Gasteiger partial charge is 0.307 e. The number of carbonyl (C=O) groups excluding carboxylic acids is 1. The molecule has 0 radical (unpaired) electrons. The standard InChI is InChI=1S/C25H23N3O3/c29-24(21-17-11-12-18(13-17)22(21)25(30)31)26-14-19-15-28(20-9-5-2-6-10-20)27-23(19)16-7-3-1-4-8-16/h1-12,15,17-18,21-22H,13-14H2,(H,26,29)(H,30,31)/t17-,18-,21+,22+/m0/s1. The van der Waals surface area contributed by atoms with Gasteiger partial charge in [0, 0.05) is 23.9 Å². The van der Waals surface area contributed by atoms with Crippen LogP contribution in [0, 0.1) is 23.7 Å². The molecule has 2 aromatic carbocycles. The number of carbonyl (C=O) groups is 2. The van der Waals surface area contributed by atoms with Crippen molar-refractivity contribution in [3.63, 3.8) is 0 Å². The number of para-hydroxylation sites is 1. The van der Waals surface area contributed by atoms with Gasteiger partial charge in [-0.3, -0.25) is 9.59 Å². The summed E-state index contributed by atoms with van der Waals surface area (Å²) >= 11 is 0. The number of benzene rings is 2. The van der Waals surface area contributed by atoms with E-state index < -0.39 is 17.8 Å². The van der Waals surface area contributed by atoms with E-state index in [2.05, 4.69) is 5.32 Å². The highest BCUT2D eigenvalue weighted by molar-refractivity contribution is 5.87. The third-order valence-electron chi connectivity index (χ3n) is 6.36. The van der Waals surface area contributed by atoms with E-state index in [0.29, 0.717) is 6.54 Å². The van der Waals surface area contributed by atoms with Crippen molar-refractivity contribution in [2.75, 3.05) is 0 Å². The summed E-state index contributed by atoms with van der Waals surface area (Å²) in [6, 6.07) is 19.7. The molecule has 1 aromatic heterocycles. The predicted octanol–water partition coefficient (Wildman–Crippen LogP) is 3.68. The van der Waals surface area contributed by atoms with Crippen LogP contribution >= 0.6 is 0 Å². The first-order valence-electron chi connectivity index (χ1n) is 10.5. The molecule has 0 saturated heterocycles. The molecule has 0 aliphatic heterocycles. The number of hydrogen-bond donors (Lipinski definition) is 2. The van der Waals surface area contributed by atoms with Gasteiger partial charge in [-0.15, -0.1) is 0 Å². The van der Waals surface area contributed by atoms with Gasteiger partial charge < -0.3 is 10.4 Å². The van der Waals surface area contributed by atoms with E-state index in [0.717, 1.165) is 28.9 Å². The Kier molecular flexibility index (Phi) is 4.90. The second-order valence-electron chi connectivity index (χ2n) is 8.21. The molecule has 2 bridgehead atoms. The summed E-state index contributed by atoms with van der Waals surface area (Å²) in [5.74, 6) is -2.28. The number of fused-ring (bicyclic) bond motifs is 2. The van der Waals surface area contributed by atoms with Crippen LogP contribution in [0.4, 0.5) is 0 Å². The fraction of sp³-hybridized carbons (Fsp3) is 0.240. The van der Waals surface area contributed by atoms with E-state index in [1.807, 2.05) is 83.7 Å². The summed E-state index contributed by atoms with van der Waals surface area (Å²) in [4.78, 5) is 24.8. The summed E-state index contributed by atoms with van der Waals surface area (Å²) in [5.41, 5.74) is 3.58. The fourth-order valence-electron chi connectivity index (χ4n) is 4.91. The Bertz CT molecular complexity index is 1140. The molecule has 6 nitrogen and oxygen atoms in total.